The molecule has 90 valence electrons. The Balaban J connectivity index is 2.46. The number of phenols is 1. The number of hydrogen-bond donors (Lipinski definition) is 2. The third kappa shape index (κ3) is 4.67. The number of nitrogens with one attached hydrogen (secondary N) is 1. The van der Waals surface area contributed by atoms with E-state index in [4.69, 9.17) is 0 Å². The summed E-state index contributed by atoms with van der Waals surface area (Å²) in [5.74, 6) is 1.02. The van der Waals surface area contributed by atoms with E-state index in [-0.39, 0.29) is 0 Å². The number of rotatable bonds is 6. The first-order valence-corrected chi connectivity index (χ1v) is 6.13. The van der Waals surface area contributed by atoms with Gasteiger partial charge in [-0.3, -0.25) is 0 Å². The van der Waals surface area contributed by atoms with Gasteiger partial charge in [-0.15, -0.1) is 0 Å². The summed E-state index contributed by atoms with van der Waals surface area (Å²) in [7, 11) is 0. The minimum Gasteiger partial charge on any atom is -0.508 e. The lowest BCUT2D eigenvalue weighted by Gasteiger charge is -2.17. The van der Waals surface area contributed by atoms with Crippen LogP contribution < -0.4 is 5.32 Å². The second kappa shape index (κ2) is 6.54. The van der Waals surface area contributed by atoms with Crippen LogP contribution in [0.1, 0.15) is 32.8 Å². The van der Waals surface area contributed by atoms with E-state index in [1.807, 2.05) is 12.1 Å². The molecule has 0 fully saturated rings. The predicted molar refractivity (Wildman–Crippen MR) is 68.7 cm³/mol. The molecule has 2 heteroatoms. The smallest absolute Gasteiger partial charge is 0.115 e. The maximum atomic E-state index is 9.21. The first kappa shape index (κ1) is 13.0. The number of phenolic OH excluding ortho intramolecular Hbond substituents is 1. The van der Waals surface area contributed by atoms with Gasteiger partial charge in [0.15, 0.2) is 0 Å². The van der Waals surface area contributed by atoms with Gasteiger partial charge in [-0.05, 0) is 36.6 Å². The van der Waals surface area contributed by atoms with Crippen LogP contribution in [0, 0.1) is 5.92 Å². The van der Waals surface area contributed by atoms with Crippen LogP contribution in [0.15, 0.2) is 24.3 Å². The zero-order valence-corrected chi connectivity index (χ0v) is 10.5. The fraction of sp³-hybridized carbons (Fsp3) is 0.571. The van der Waals surface area contributed by atoms with Gasteiger partial charge in [0.1, 0.15) is 5.75 Å². The summed E-state index contributed by atoms with van der Waals surface area (Å²) in [6.07, 6.45) is 2.26. The minimum absolute atomic E-state index is 0.345. The maximum absolute atomic E-state index is 9.21. The SMILES string of the molecule is CCC(CNC(C)C)Cc1ccc(O)cc1. The second-order valence-corrected chi connectivity index (χ2v) is 4.71. The molecule has 0 amide bonds. The molecule has 1 atom stereocenters. The Morgan fingerprint density at radius 3 is 2.31 bits per heavy atom. The van der Waals surface area contributed by atoms with Gasteiger partial charge < -0.3 is 10.4 Å². The van der Waals surface area contributed by atoms with Crippen LogP contribution in [0.25, 0.3) is 0 Å². The summed E-state index contributed by atoms with van der Waals surface area (Å²) in [6.45, 7) is 7.64. The van der Waals surface area contributed by atoms with Gasteiger partial charge in [0, 0.05) is 6.04 Å². The van der Waals surface area contributed by atoms with Gasteiger partial charge in [-0.2, -0.15) is 0 Å². The molecule has 0 radical (unpaired) electrons. The summed E-state index contributed by atoms with van der Waals surface area (Å²) in [6, 6.07) is 8.09. The third-order valence-corrected chi connectivity index (χ3v) is 2.85. The van der Waals surface area contributed by atoms with Crippen LogP contribution in [-0.2, 0) is 6.42 Å². The Morgan fingerprint density at radius 1 is 1.19 bits per heavy atom. The molecule has 1 aromatic carbocycles. The first-order valence-electron chi connectivity index (χ1n) is 6.13. The van der Waals surface area contributed by atoms with Crippen molar-refractivity contribution in [3.63, 3.8) is 0 Å². The Bertz CT molecular complexity index is 292. The van der Waals surface area contributed by atoms with Gasteiger partial charge in [0.25, 0.3) is 0 Å². The molecule has 0 saturated carbocycles. The summed E-state index contributed by atoms with van der Waals surface area (Å²) >= 11 is 0. The van der Waals surface area contributed by atoms with Crippen molar-refractivity contribution in [3.8, 4) is 5.75 Å². The van der Waals surface area contributed by atoms with Crippen molar-refractivity contribution in [3.05, 3.63) is 29.8 Å². The molecule has 0 heterocycles. The lowest BCUT2D eigenvalue weighted by molar-refractivity contribution is 0.435. The zero-order valence-electron chi connectivity index (χ0n) is 10.5. The highest BCUT2D eigenvalue weighted by Gasteiger charge is 2.07. The quantitative estimate of drug-likeness (QED) is 0.774. The summed E-state index contributed by atoms with van der Waals surface area (Å²) < 4.78 is 0. The van der Waals surface area contributed by atoms with Gasteiger partial charge >= 0.3 is 0 Å². The minimum atomic E-state index is 0.345. The van der Waals surface area contributed by atoms with Gasteiger partial charge in [-0.1, -0.05) is 39.3 Å². The summed E-state index contributed by atoms with van der Waals surface area (Å²) in [5, 5.41) is 12.7. The van der Waals surface area contributed by atoms with E-state index in [9.17, 15) is 5.11 Å². The molecular weight excluding hydrogens is 198 g/mol. The lowest BCUT2D eigenvalue weighted by Crippen LogP contribution is -2.29. The molecule has 1 aromatic rings. The highest BCUT2D eigenvalue weighted by atomic mass is 16.3. The molecule has 0 bridgehead atoms. The van der Waals surface area contributed by atoms with E-state index in [1.165, 1.54) is 12.0 Å². The van der Waals surface area contributed by atoms with E-state index in [0.29, 0.717) is 17.7 Å². The molecule has 0 aliphatic heterocycles. The second-order valence-electron chi connectivity index (χ2n) is 4.71. The van der Waals surface area contributed by atoms with Crippen molar-refractivity contribution in [2.24, 2.45) is 5.92 Å². The molecule has 0 aliphatic rings. The van der Waals surface area contributed by atoms with Gasteiger partial charge in [0.2, 0.25) is 0 Å². The molecule has 0 aliphatic carbocycles. The molecule has 16 heavy (non-hydrogen) atoms. The number of benzene rings is 1. The Kier molecular flexibility index (Phi) is 5.33. The Labute approximate surface area is 98.7 Å². The molecular formula is C14H23NO. The van der Waals surface area contributed by atoms with Crippen molar-refractivity contribution in [2.45, 2.75) is 39.7 Å². The Morgan fingerprint density at radius 2 is 1.81 bits per heavy atom. The molecule has 1 unspecified atom stereocenters. The molecule has 0 aromatic heterocycles. The number of aromatic hydroxyl groups is 1. The van der Waals surface area contributed by atoms with Crippen LogP contribution >= 0.6 is 0 Å². The van der Waals surface area contributed by atoms with Gasteiger partial charge in [-0.25, -0.2) is 0 Å². The average molecular weight is 221 g/mol. The van der Waals surface area contributed by atoms with E-state index in [1.54, 1.807) is 12.1 Å². The van der Waals surface area contributed by atoms with E-state index >= 15 is 0 Å². The normalized spacial score (nSPS) is 13.0. The highest BCUT2D eigenvalue weighted by molar-refractivity contribution is 5.26. The monoisotopic (exact) mass is 221 g/mol. The standard InChI is InChI=1S/C14H23NO/c1-4-12(10-15-11(2)3)9-13-5-7-14(16)8-6-13/h5-8,11-12,15-16H,4,9-10H2,1-3H3. The molecule has 0 saturated heterocycles. The number of hydrogen-bond acceptors (Lipinski definition) is 2. The van der Waals surface area contributed by atoms with Crippen molar-refractivity contribution in [2.75, 3.05) is 6.54 Å². The maximum Gasteiger partial charge on any atom is 0.115 e. The van der Waals surface area contributed by atoms with Crippen molar-refractivity contribution >= 4 is 0 Å². The highest BCUT2D eigenvalue weighted by Crippen LogP contribution is 2.15. The largest absolute Gasteiger partial charge is 0.508 e. The molecule has 1 rings (SSSR count). The molecule has 2 nitrogen and oxygen atoms in total. The predicted octanol–water partition coefficient (Wildman–Crippen LogP) is 2.96. The Hall–Kier alpha value is -1.02. The lowest BCUT2D eigenvalue weighted by atomic mass is 9.96. The molecule has 2 N–H and O–H groups in total. The van der Waals surface area contributed by atoms with Crippen molar-refractivity contribution < 1.29 is 5.11 Å². The average Bonchev–Trinajstić information content (AvgIpc) is 2.26. The zero-order chi connectivity index (χ0) is 12.0. The summed E-state index contributed by atoms with van der Waals surface area (Å²) in [4.78, 5) is 0. The van der Waals surface area contributed by atoms with Crippen LogP contribution in [0.2, 0.25) is 0 Å². The fourth-order valence-corrected chi connectivity index (χ4v) is 1.73. The van der Waals surface area contributed by atoms with Crippen LogP contribution in [0.3, 0.4) is 0 Å². The van der Waals surface area contributed by atoms with E-state index in [0.717, 1.165) is 13.0 Å². The van der Waals surface area contributed by atoms with E-state index < -0.39 is 0 Å². The fourth-order valence-electron chi connectivity index (χ4n) is 1.73. The van der Waals surface area contributed by atoms with Gasteiger partial charge in [0.05, 0.1) is 0 Å². The van der Waals surface area contributed by atoms with Crippen LogP contribution in [0.4, 0.5) is 0 Å². The summed E-state index contributed by atoms with van der Waals surface area (Å²) in [5.41, 5.74) is 1.30. The molecule has 0 spiro atoms. The van der Waals surface area contributed by atoms with Crippen LogP contribution in [0.5, 0.6) is 5.75 Å². The third-order valence-electron chi connectivity index (χ3n) is 2.85. The van der Waals surface area contributed by atoms with Crippen LogP contribution in [-0.4, -0.2) is 17.7 Å². The topological polar surface area (TPSA) is 32.3 Å². The first-order chi connectivity index (χ1) is 7.61. The van der Waals surface area contributed by atoms with Crippen molar-refractivity contribution in [1.82, 2.24) is 5.32 Å². The van der Waals surface area contributed by atoms with E-state index in [2.05, 4.69) is 26.1 Å². The van der Waals surface area contributed by atoms with Crippen molar-refractivity contribution in [1.29, 1.82) is 0 Å².